The SMILES string of the molecule is C=CCN(CC=C)CCCCCCCC. The monoisotopic (exact) mass is 209 g/mol. The van der Waals surface area contributed by atoms with E-state index in [-0.39, 0.29) is 0 Å². The Morgan fingerprint density at radius 3 is 1.93 bits per heavy atom. The van der Waals surface area contributed by atoms with Crippen molar-refractivity contribution >= 4 is 0 Å². The molecule has 15 heavy (non-hydrogen) atoms. The Morgan fingerprint density at radius 2 is 1.40 bits per heavy atom. The fourth-order valence-corrected chi connectivity index (χ4v) is 1.74. The summed E-state index contributed by atoms with van der Waals surface area (Å²) in [4.78, 5) is 2.39. The van der Waals surface area contributed by atoms with E-state index in [0.29, 0.717) is 0 Å². The highest BCUT2D eigenvalue weighted by Crippen LogP contribution is 2.05. The summed E-state index contributed by atoms with van der Waals surface area (Å²) in [6.07, 6.45) is 12.1. The summed E-state index contributed by atoms with van der Waals surface area (Å²) in [5.41, 5.74) is 0. The molecular weight excluding hydrogens is 182 g/mol. The van der Waals surface area contributed by atoms with E-state index >= 15 is 0 Å². The van der Waals surface area contributed by atoms with Crippen LogP contribution in [0.4, 0.5) is 0 Å². The zero-order valence-electron chi connectivity index (χ0n) is 10.4. The van der Waals surface area contributed by atoms with Crippen LogP contribution in [0.3, 0.4) is 0 Å². The van der Waals surface area contributed by atoms with Gasteiger partial charge in [-0.05, 0) is 13.0 Å². The summed E-state index contributed by atoms with van der Waals surface area (Å²) < 4.78 is 0. The molecule has 0 amide bonds. The van der Waals surface area contributed by atoms with Gasteiger partial charge < -0.3 is 0 Å². The fourth-order valence-electron chi connectivity index (χ4n) is 1.74. The molecule has 0 heterocycles. The van der Waals surface area contributed by atoms with Crippen LogP contribution in [-0.2, 0) is 0 Å². The second-order valence-electron chi connectivity index (χ2n) is 4.10. The molecule has 0 atom stereocenters. The number of hydrogen-bond donors (Lipinski definition) is 0. The van der Waals surface area contributed by atoms with Crippen molar-refractivity contribution in [3.63, 3.8) is 0 Å². The second-order valence-corrected chi connectivity index (χ2v) is 4.10. The van der Waals surface area contributed by atoms with Crippen LogP contribution in [0.2, 0.25) is 0 Å². The Hall–Kier alpha value is -0.560. The van der Waals surface area contributed by atoms with E-state index in [2.05, 4.69) is 25.0 Å². The third kappa shape index (κ3) is 9.74. The lowest BCUT2D eigenvalue weighted by molar-refractivity contribution is 0.324. The molecule has 88 valence electrons. The molecule has 0 unspecified atom stereocenters. The van der Waals surface area contributed by atoms with Gasteiger partial charge in [0, 0.05) is 13.1 Å². The number of nitrogens with zero attached hydrogens (tertiary/aromatic N) is 1. The number of rotatable bonds is 11. The van der Waals surface area contributed by atoms with Crippen molar-refractivity contribution in [2.75, 3.05) is 19.6 Å². The maximum absolute atomic E-state index is 3.78. The molecule has 0 N–H and O–H groups in total. The summed E-state index contributed by atoms with van der Waals surface area (Å²) in [5.74, 6) is 0. The van der Waals surface area contributed by atoms with Crippen molar-refractivity contribution in [2.45, 2.75) is 45.4 Å². The van der Waals surface area contributed by atoms with Gasteiger partial charge in [-0.15, -0.1) is 13.2 Å². The van der Waals surface area contributed by atoms with Crippen molar-refractivity contribution < 1.29 is 0 Å². The molecule has 1 nitrogen and oxygen atoms in total. The van der Waals surface area contributed by atoms with Crippen LogP contribution in [0.5, 0.6) is 0 Å². The lowest BCUT2D eigenvalue weighted by Gasteiger charge is -2.18. The van der Waals surface area contributed by atoms with E-state index in [4.69, 9.17) is 0 Å². The minimum Gasteiger partial charge on any atom is -0.296 e. The van der Waals surface area contributed by atoms with E-state index in [1.165, 1.54) is 45.1 Å². The van der Waals surface area contributed by atoms with Crippen molar-refractivity contribution in [3.05, 3.63) is 25.3 Å². The van der Waals surface area contributed by atoms with Gasteiger partial charge in [-0.25, -0.2) is 0 Å². The Kier molecular flexibility index (Phi) is 11.1. The van der Waals surface area contributed by atoms with Gasteiger partial charge in [0.15, 0.2) is 0 Å². The molecule has 0 fully saturated rings. The van der Waals surface area contributed by atoms with Crippen LogP contribution in [0.1, 0.15) is 45.4 Å². The molecule has 0 aliphatic heterocycles. The molecule has 0 aliphatic rings. The van der Waals surface area contributed by atoms with Crippen LogP contribution in [-0.4, -0.2) is 24.5 Å². The third-order valence-electron chi connectivity index (χ3n) is 2.60. The first kappa shape index (κ1) is 14.4. The van der Waals surface area contributed by atoms with Gasteiger partial charge in [-0.1, -0.05) is 51.2 Å². The lowest BCUT2D eigenvalue weighted by atomic mass is 10.1. The van der Waals surface area contributed by atoms with Crippen LogP contribution in [0.25, 0.3) is 0 Å². The highest BCUT2D eigenvalue weighted by Gasteiger charge is 1.99. The van der Waals surface area contributed by atoms with E-state index in [9.17, 15) is 0 Å². The van der Waals surface area contributed by atoms with Gasteiger partial charge in [0.25, 0.3) is 0 Å². The maximum Gasteiger partial charge on any atom is 0.0163 e. The lowest BCUT2D eigenvalue weighted by Crippen LogP contribution is -2.24. The average molecular weight is 209 g/mol. The van der Waals surface area contributed by atoms with E-state index in [0.717, 1.165) is 13.1 Å². The highest BCUT2D eigenvalue weighted by atomic mass is 15.1. The Bertz CT molecular complexity index is 141. The first-order valence-electron chi connectivity index (χ1n) is 6.29. The fraction of sp³-hybridized carbons (Fsp3) is 0.714. The minimum atomic E-state index is 0.987. The van der Waals surface area contributed by atoms with Crippen molar-refractivity contribution in [1.82, 2.24) is 4.90 Å². The molecule has 0 bridgehead atoms. The quantitative estimate of drug-likeness (QED) is 0.367. The van der Waals surface area contributed by atoms with Gasteiger partial charge in [0.1, 0.15) is 0 Å². The molecule has 0 saturated carbocycles. The predicted molar refractivity (Wildman–Crippen MR) is 70.2 cm³/mol. The first-order chi connectivity index (χ1) is 7.35. The first-order valence-corrected chi connectivity index (χ1v) is 6.29. The van der Waals surface area contributed by atoms with Crippen molar-refractivity contribution in [2.24, 2.45) is 0 Å². The van der Waals surface area contributed by atoms with Crippen LogP contribution in [0.15, 0.2) is 25.3 Å². The molecule has 0 aromatic rings. The summed E-state index contributed by atoms with van der Waals surface area (Å²) in [6.45, 7) is 13.0. The molecule has 0 spiro atoms. The summed E-state index contributed by atoms with van der Waals surface area (Å²) in [6, 6.07) is 0. The zero-order chi connectivity index (χ0) is 11.4. The van der Waals surface area contributed by atoms with Crippen LogP contribution >= 0.6 is 0 Å². The molecule has 1 heteroatoms. The molecule has 0 saturated heterocycles. The van der Waals surface area contributed by atoms with E-state index in [1.54, 1.807) is 0 Å². The van der Waals surface area contributed by atoms with Gasteiger partial charge in [-0.2, -0.15) is 0 Å². The third-order valence-corrected chi connectivity index (χ3v) is 2.60. The molecule has 0 aliphatic carbocycles. The van der Waals surface area contributed by atoms with Crippen LogP contribution < -0.4 is 0 Å². The number of unbranched alkanes of at least 4 members (excludes halogenated alkanes) is 5. The Balaban J connectivity index is 3.35. The largest absolute Gasteiger partial charge is 0.296 e. The summed E-state index contributed by atoms with van der Waals surface area (Å²) >= 11 is 0. The Labute approximate surface area is 95.9 Å². The molecule has 0 aromatic heterocycles. The minimum absolute atomic E-state index is 0.987. The normalized spacial score (nSPS) is 10.5. The maximum atomic E-state index is 3.78. The van der Waals surface area contributed by atoms with Gasteiger partial charge >= 0.3 is 0 Å². The van der Waals surface area contributed by atoms with Gasteiger partial charge in [0.2, 0.25) is 0 Å². The summed E-state index contributed by atoms with van der Waals surface area (Å²) in [7, 11) is 0. The van der Waals surface area contributed by atoms with Gasteiger partial charge in [-0.3, -0.25) is 4.90 Å². The van der Waals surface area contributed by atoms with Gasteiger partial charge in [0.05, 0.1) is 0 Å². The summed E-state index contributed by atoms with van der Waals surface area (Å²) in [5, 5.41) is 0. The molecule has 0 radical (unpaired) electrons. The van der Waals surface area contributed by atoms with E-state index in [1.807, 2.05) is 12.2 Å². The zero-order valence-corrected chi connectivity index (χ0v) is 10.4. The molecule has 0 aromatic carbocycles. The smallest absolute Gasteiger partial charge is 0.0163 e. The number of hydrogen-bond acceptors (Lipinski definition) is 1. The average Bonchev–Trinajstić information content (AvgIpc) is 2.24. The highest BCUT2D eigenvalue weighted by molar-refractivity contribution is 4.79. The standard InChI is InChI=1S/C14H27N/c1-4-7-8-9-10-11-14-15(12-5-2)13-6-3/h5-6H,2-4,7-14H2,1H3. The second kappa shape index (κ2) is 11.5. The van der Waals surface area contributed by atoms with Crippen LogP contribution in [0, 0.1) is 0 Å². The topological polar surface area (TPSA) is 3.24 Å². The van der Waals surface area contributed by atoms with E-state index < -0.39 is 0 Å². The predicted octanol–water partition coefficient (Wildman–Crippen LogP) is 4.02. The Morgan fingerprint density at radius 1 is 0.867 bits per heavy atom. The van der Waals surface area contributed by atoms with Crippen molar-refractivity contribution in [1.29, 1.82) is 0 Å². The molecule has 0 rings (SSSR count). The molecular formula is C14H27N. The van der Waals surface area contributed by atoms with Crippen molar-refractivity contribution in [3.8, 4) is 0 Å².